The minimum atomic E-state index is -0.487. The highest BCUT2D eigenvalue weighted by Gasteiger charge is 2.06. The lowest BCUT2D eigenvalue weighted by Crippen LogP contribution is -2.06. The van der Waals surface area contributed by atoms with E-state index in [0.29, 0.717) is 11.1 Å². The van der Waals surface area contributed by atoms with Crippen molar-refractivity contribution in [2.24, 2.45) is 5.16 Å². The summed E-state index contributed by atoms with van der Waals surface area (Å²) in [6.07, 6.45) is 1.33. The Hall–Kier alpha value is -3.02. The number of non-ortho nitro benzene ring substituents is 1. The molecule has 0 N–H and O–H groups in total. The zero-order valence-corrected chi connectivity index (χ0v) is 11.9. The highest BCUT2D eigenvalue weighted by Crippen LogP contribution is 2.11. The van der Waals surface area contributed by atoms with E-state index in [2.05, 4.69) is 5.16 Å². The van der Waals surface area contributed by atoms with Crippen molar-refractivity contribution >= 4 is 17.7 Å². The first-order valence-corrected chi connectivity index (χ1v) is 6.56. The van der Waals surface area contributed by atoms with Crippen molar-refractivity contribution in [2.45, 2.75) is 6.92 Å². The van der Waals surface area contributed by atoms with Crippen LogP contribution in [0, 0.1) is 17.0 Å². The third-order valence-electron chi connectivity index (χ3n) is 2.93. The van der Waals surface area contributed by atoms with Gasteiger partial charge in [0.25, 0.3) is 5.69 Å². The highest BCUT2D eigenvalue weighted by atomic mass is 16.6. The molecule has 0 bridgehead atoms. The molecule has 2 rings (SSSR count). The Morgan fingerprint density at radius 3 is 2.68 bits per heavy atom. The van der Waals surface area contributed by atoms with Crippen LogP contribution in [-0.4, -0.2) is 23.5 Å². The monoisotopic (exact) mass is 298 g/mol. The number of benzene rings is 2. The highest BCUT2D eigenvalue weighted by molar-refractivity contribution is 5.97. The molecule has 0 aliphatic rings. The minimum Gasteiger partial charge on any atom is -0.387 e. The lowest BCUT2D eigenvalue weighted by molar-refractivity contribution is -0.384. The molecule has 0 radical (unpaired) electrons. The quantitative estimate of drug-likeness (QED) is 0.355. The van der Waals surface area contributed by atoms with E-state index in [4.69, 9.17) is 4.84 Å². The van der Waals surface area contributed by atoms with Crippen molar-refractivity contribution in [3.05, 3.63) is 75.3 Å². The second kappa shape index (κ2) is 7.12. The predicted octanol–water partition coefficient (Wildman–Crippen LogP) is 3.14. The number of carbonyl (C=O) groups is 1. The number of rotatable bonds is 6. The van der Waals surface area contributed by atoms with Crippen molar-refractivity contribution < 1.29 is 14.6 Å². The third kappa shape index (κ3) is 4.24. The van der Waals surface area contributed by atoms with Gasteiger partial charge in [-0.15, -0.1) is 0 Å². The number of nitrogens with zero attached hydrogens (tertiary/aromatic N) is 2. The molecular weight excluding hydrogens is 284 g/mol. The van der Waals surface area contributed by atoms with Crippen LogP contribution in [0.15, 0.2) is 53.7 Å². The maximum atomic E-state index is 11.8. The number of nitro benzene ring substituents is 1. The van der Waals surface area contributed by atoms with Gasteiger partial charge in [-0.2, -0.15) is 0 Å². The summed E-state index contributed by atoms with van der Waals surface area (Å²) in [4.78, 5) is 26.9. The Morgan fingerprint density at radius 1 is 1.27 bits per heavy atom. The summed E-state index contributed by atoms with van der Waals surface area (Å²) in [5, 5.41) is 14.3. The summed E-state index contributed by atoms with van der Waals surface area (Å²) in [6, 6.07) is 13.1. The van der Waals surface area contributed by atoms with E-state index in [9.17, 15) is 14.9 Å². The first-order chi connectivity index (χ1) is 10.6. The van der Waals surface area contributed by atoms with Crippen molar-refractivity contribution in [2.75, 3.05) is 6.61 Å². The van der Waals surface area contributed by atoms with E-state index in [1.165, 1.54) is 18.3 Å². The molecule has 0 fully saturated rings. The topological polar surface area (TPSA) is 81.8 Å². The van der Waals surface area contributed by atoms with Crippen molar-refractivity contribution in [3.63, 3.8) is 0 Å². The van der Waals surface area contributed by atoms with Gasteiger partial charge in [-0.1, -0.05) is 47.1 Å². The Labute approximate surface area is 127 Å². The average Bonchev–Trinajstić information content (AvgIpc) is 2.52. The largest absolute Gasteiger partial charge is 0.387 e. The molecule has 0 atom stereocenters. The summed E-state index contributed by atoms with van der Waals surface area (Å²) >= 11 is 0. The number of oxime groups is 1. The van der Waals surface area contributed by atoms with Gasteiger partial charge in [0.2, 0.25) is 5.78 Å². The molecule has 0 aliphatic carbocycles. The molecule has 2 aromatic rings. The van der Waals surface area contributed by atoms with Crippen LogP contribution in [0.3, 0.4) is 0 Å². The number of nitro groups is 1. The summed E-state index contributed by atoms with van der Waals surface area (Å²) in [7, 11) is 0. The maximum absolute atomic E-state index is 11.8. The number of Topliss-reactive ketones (excluding diaryl/α,β-unsaturated/α-hetero) is 1. The molecule has 6 nitrogen and oxygen atoms in total. The molecule has 0 saturated heterocycles. The second-order valence-electron chi connectivity index (χ2n) is 4.65. The Balaban J connectivity index is 1.90. The smallest absolute Gasteiger partial charge is 0.270 e. The molecule has 2 aromatic carbocycles. The number of hydrogen-bond acceptors (Lipinski definition) is 5. The van der Waals surface area contributed by atoms with Crippen LogP contribution in [-0.2, 0) is 4.84 Å². The van der Waals surface area contributed by atoms with Gasteiger partial charge in [0.05, 0.1) is 11.1 Å². The number of carbonyl (C=O) groups excluding carboxylic acids is 1. The van der Waals surface area contributed by atoms with Crippen LogP contribution in [0.2, 0.25) is 0 Å². The van der Waals surface area contributed by atoms with Gasteiger partial charge in [0.1, 0.15) is 0 Å². The Kier molecular flexibility index (Phi) is 4.98. The van der Waals surface area contributed by atoms with E-state index < -0.39 is 4.92 Å². The van der Waals surface area contributed by atoms with E-state index in [1.807, 2.05) is 19.1 Å². The molecule has 0 heterocycles. The summed E-state index contributed by atoms with van der Waals surface area (Å²) in [5.74, 6) is -0.184. The van der Waals surface area contributed by atoms with Crippen LogP contribution in [0.4, 0.5) is 5.69 Å². The molecule has 0 amide bonds. The summed E-state index contributed by atoms with van der Waals surface area (Å²) in [5.41, 5.74) is 2.12. The van der Waals surface area contributed by atoms with Gasteiger partial charge in [0.15, 0.2) is 6.61 Å². The normalized spacial score (nSPS) is 10.6. The number of aryl methyl sites for hydroxylation is 1. The molecular formula is C16H14N2O4. The zero-order valence-electron chi connectivity index (χ0n) is 11.9. The maximum Gasteiger partial charge on any atom is 0.270 e. The molecule has 22 heavy (non-hydrogen) atoms. The zero-order chi connectivity index (χ0) is 15.9. The first kappa shape index (κ1) is 15.4. The molecule has 0 saturated carbocycles. The van der Waals surface area contributed by atoms with Gasteiger partial charge in [0, 0.05) is 23.3 Å². The summed E-state index contributed by atoms with van der Waals surface area (Å²) in [6.45, 7) is 1.75. The molecule has 0 unspecified atom stereocenters. The average molecular weight is 298 g/mol. The summed E-state index contributed by atoms with van der Waals surface area (Å²) < 4.78 is 0. The second-order valence-corrected chi connectivity index (χ2v) is 4.65. The van der Waals surface area contributed by atoms with Gasteiger partial charge >= 0.3 is 0 Å². The van der Waals surface area contributed by atoms with Crippen molar-refractivity contribution in [1.29, 1.82) is 0 Å². The van der Waals surface area contributed by atoms with Gasteiger partial charge < -0.3 is 4.84 Å². The van der Waals surface area contributed by atoms with Crippen LogP contribution in [0.25, 0.3) is 0 Å². The van der Waals surface area contributed by atoms with E-state index in [1.54, 1.807) is 24.3 Å². The van der Waals surface area contributed by atoms with E-state index in [0.717, 1.165) is 5.56 Å². The fraction of sp³-hybridized carbons (Fsp3) is 0.125. The lowest BCUT2D eigenvalue weighted by Gasteiger charge is -2.00. The first-order valence-electron chi connectivity index (χ1n) is 6.56. The van der Waals surface area contributed by atoms with Gasteiger partial charge in [-0.05, 0) is 6.92 Å². The Bertz CT molecular complexity index is 708. The molecule has 0 spiro atoms. The predicted molar refractivity (Wildman–Crippen MR) is 82.2 cm³/mol. The SMILES string of the molecule is Cc1ccc(C(=O)CON=Cc2cccc([N+](=O)[O-])c2)cc1. The fourth-order valence-electron chi connectivity index (χ4n) is 1.74. The fourth-order valence-corrected chi connectivity index (χ4v) is 1.74. The standard InChI is InChI=1S/C16H14N2O4/c1-12-5-7-14(8-6-12)16(19)11-22-17-10-13-3-2-4-15(9-13)18(20)21/h2-10H,11H2,1H3. The van der Waals surface area contributed by atoms with Gasteiger partial charge in [-0.3, -0.25) is 14.9 Å². The van der Waals surface area contributed by atoms with Crippen molar-refractivity contribution in [3.8, 4) is 0 Å². The van der Waals surface area contributed by atoms with Crippen LogP contribution < -0.4 is 0 Å². The lowest BCUT2D eigenvalue weighted by atomic mass is 10.1. The van der Waals surface area contributed by atoms with Crippen LogP contribution >= 0.6 is 0 Å². The Morgan fingerprint density at radius 2 is 2.00 bits per heavy atom. The molecule has 112 valence electrons. The van der Waals surface area contributed by atoms with Gasteiger partial charge in [-0.25, -0.2) is 0 Å². The molecule has 0 aromatic heterocycles. The number of hydrogen-bond donors (Lipinski definition) is 0. The van der Waals surface area contributed by atoms with Crippen molar-refractivity contribution in [1.82, 2.24) is 0 Å². The van der Waals surface area contributed by atoms with E-state index >= 15 is 0 Å². The van der Waals surface area contributed by atoms with Crippen LogP contribution in [0.5, 0.6) is 0 Å². The molecule has 6 heteroatoms. The number of ketones is 1. The van der Waals surface area contributed by atoms with Crippen LogP contribution in [0.1, 0.15) is 21.5 Å². The molecule has 0 aliphatic heterocycles. The third-order valence-corrected chi connectivity index (χ3v) is 2.93. The van der Waals surface area contributed by atoms with E-state index in [-0.39, 0.29) is 18.1 Å². The minimum absolute atomic E-state index is 0.0281.